The van der Waals surface area contributed by atoms with E-state index >= 15 is 0 Å². The molecule has 124 valence electrons. The van der Waals surface area contributed by atoms with Crippen molar-refractivity contribution >= 4 is 11.8 Å². The minimum atomic E-state index is -0.214. The Morgan fingerprint density at radius 2 is 1.83 bits per heavy atom. The van der Waals surface area contributed by atoms with Crippen LogP contribution in [0.15, 0.2) is 12.1 Å². The van der Waals surface area contributed by atoms with Crippen molar-refractivity contribution in [3.05, 3.63) is 23.3 Å². The highest BCUT2D eigenvalue weighted by Gasteiger charge is 2.35. The van der Waals surface area contributed by atoms with Crippen LogP contribution in [0.2, 0.25) is 0 Å². The van der Waals surface area contributed by atoms with Gasteiger partial charge in [0, 0.05) is 33.1 Å². The van der Waals surface area contributed by atoms with Gasteiger partial charge in [-0.2, -0.15) is 0 Å². The molecule has 2 heterocycles. The van der Waals surface area contributed by atoms with Crippen molar-refractivity contribution < 1.29 is 19.1 Å². The van der Waals surface area contributed by atoms with Crippen LogP contribution in [-0.2, 0) is 22.6 Å². The number of fused-ring (bicyclic) bond motifs is 1. The maximum Gasteiger partial charge on any atom is 0.228 e. The van der Waals surface area contributed by atoms with Gasteiger partial charge in [-0.15, -0.1) is 0 Å². The van der Waals surface area contributed by atoms with E-state index in [-0.39, 0.29) is 17.7 Å². The number of nitrogens with zero attached hydrogens (tertiary/aromatic N) is 2. The van der Waals surface area contributed by atoms with Crippen LogP contribution in [0.5, 0.6) is 11.5 Å². The molecule has 0 saturated carbocycles. The van der Waals surface area contributed by atoms with Crippen LogP contribution in [0.25, 0.3) is 0 Å². The van der Waals surface area contributed by atoms with Gasteiger partial charge in [0.05, 0.1) is 20.1 Å². The molecule has 23 heavy (non-hydrogen) atoms. The lowest BCUT2D eigenvalue weighted by Gasteiger charge is -2.31. The molecule has 0 spiro atoms. The first-order valence-electron chi connectivity index (χ1n) is 7.80. The van der Waals surface area contributed by atoms with E-state index in [0.717, 1.165) is 12.0 Å². The van der Waals surface area contributed by atoms with Crippen LogP contribution in [0, 0.1) is 5.92 Å². The zero-order chi connectivity index (χ0) is 16.6. The number of rotatable bonds is 3. The fourth-order valence-electron chi connectivity index (χ4n) is 3.36. The van der Waals surface area contributed by atoms with Gasteiger partial charge in [0.25, 0.3) is 0 Å². The molecule has 1 atom stereocenters. The Morgan fingerprint density at radius 1 is 1.17 bits per heavy atom. The van der Waals surface area contributed by atoms with E-state index in [9.17, 15) is 9.59 Å². The Labute approximate surface area is 136 Å². The van der Waals surface area contributed by atoms with Gasteiger partial charge in [-0.3, -0.25) is 9.59 Å². The highest BCUT2D eigenvalue weighted by molar-refractivity contribution is 5.89. The Morgan fingerprint density at radius 3 is 2.39 bits per heavy atom. The standard InChI is InChI=1S/C17H22N2O4/c1-18-9-13(8-16(18)20)17(21)19-5-4-11-6-14(22-2)15(23-3)7-12(11)10-19/h6-7,13H,4-5,8-10H2,1-3H3. The molecule has 2 amide bonds. The van der Waals surface area contributed by atoms with Gasteiger partial charge in [-0.05, 0) is 29.7 Å². The van der Waals surface area contributed by atoms with E-state index < -0.39 is 0 Å². The SMILES string of the molecule is COc1cc2c(cc1OC)CN(C(=O)C1CC(=O)N(C)C1)CC2. The van der Waals surface area contributed by atoms with Crippen LogP contribution < -0.4 is 9.47 Å². The molecule has 1 aromatic carbocycles. The van der Waals surface area contributed by atoms with Crippen molar-refractivity contribution in [3.63, 3.8) is 0 Å². The Kier molecular flexibility index (Phi) is 4.15. The van der Waals surface area contributed by atoms with Crippen LogP contribution in [0.4, 0.5) is 0 Å². The topological polar surface area (TPSA) is 59.1 Å². The molecule has 0 radical (unpaired) electrons. The summed E-state index contributed by atoms with van der Waals surface area (Å²) in [5, 5.41) is 0. The minimum Gasteiger partial charge on any atom is -0.493 e. The third-order valence-electron chi connectivity index (χ3n) is 4.72. The van der Waals surface area contributed by atoms with Crippen molar-refractivity contribution in [2.45, 2.75) is 19.4 Å². The summed E-state index contributed by atoms with van der Waals surface area (Å²) in [5.41, 5.74) is 2.27. The molecule has 1 fully saturated rings. The smallest absolute Gasteiger partial charge is 0.228 e. The summed E-state index contributed by atoms with van der Waals surface area (Å²) in [7, 11) is 4.98. The van der Waals surface area contributed by atoms with Crippen LogP contribution in [-0.4, -0.2) is 56.0 Å². The average Bonchev–Trinajstić information content (AvgIpc) is 2.91. The zero-order valence-electron chi connectivity index (χ0n) is 13.8. The van der Waals surface area contributed by atoms with Crippen molar-refractivity contribution in [2.75, 3.05) is 34.4 Å². The number of amides is 2. The minimum absolute atomic E-state index is 0.0483. The molecule has 0 bridgehead atoms. The van der Waals surface area contributed by atoms with E-state index in [1.807, 2.05) is 17.0 Å². The summed E-state index contributed by atoms with van der Waals surface area (Å²) in [6, 6.07) is 3.93. The largest absolute Gasteiger partial charge is 0.493 e. The summed E-state index contributed by atoms with van der Waals surface area (Å²) >= 11 is 0. The highest BCUT2D eigenvalue weighted by atomic mass is 16.5. The summed E-state index contributed by atoms with van der Waals surface area (Å²) in [6.45, 7) is 1.76. The fourth-order valence-corrected chi connectivity index (χ4v) is 3.36. The Hall–Kier alpha value is -2.24. The lowest BCUT2D eigenvalue weighted by molar-refractivity contribution is -0.136. The van der Waals surface area contributed by atoms with Crippen LogP contribution >= 0.6 is 0 Å². The Balaban J connectivity index is 1.77. The van der Waals surface area contributed by atoms with Gasteiger partial charge >= 0.3 is 0 Å². The second-order valence-corrected chi connectivity index (χ2v) is 6.16. The third kappa shape index (κ3) is 2.85. The lowest BCUT2D eigenvalue weighted by atomic mass is 9.97. The predicted molar refractivity (Wildman–Crippen MR) is 84.4 cm³/mol. The second kappa shape index (κ2) is 6.10. The maximum atomic E-state index is 12.7. The highest BCUT2D eigenvalue weighted by Crippen LogP contribution is 2.33. The third-order valence-corrected chi connectivity index (χ3v) is 4.72. The number of benzene rings is 1. The van der Waals surface area contributed by atoms with E-state index in [4.69, 9.17) is 9.47 Å². The van der Waals surface area contributed by atoms with Crippen LogP contribution in [0.1, 0.15) is 17.5 Å². The molecule has 6 heteroatoms. The molecule has 2 aliphatic rings. The van der Waals surface area contributed by atoms with E-state index in [1.54, 1.807) is 26.2 Å². The van der Waals surface area contributed by atoms with Crippen molar-refractivity contribution in [3.8, 4) is 11.5 Å². The van der Waals surface area contributed by atoms with Crippen LogP contribution in [0.3, 0.4) is 0 Å². The van der Waals surface area contributed by atoms with Gasteiger partial charge in [0.1, 0.15) is 0 Å². The number of hydrogen-bond acceptors (Lipinski definition) is 4. The molecule has 1 aromatic rings. The number of methoxy groups -OCH3 is 2. The zero-order valence-corrected chi connectivity index (χ0v) is 13.8. The first kappa shape index (κ1) is 15.6. The molecule has 0 aromatic heterocycles. The number of hydrogen-bond donors (Lipinski definition) is 0. The molecule has 1 saturated heterocycles. The summed E-state index contributed by atoms with van der Waals surface area (Å²) in [4.78, 5) is 27.8. The van der Waals surface area contributed by atoms with Gasteiger partial charge in [0.2, 0.25) is 11.8 Å². The lowest BCUT2D eigenvalue weighted by Crippen LogP contribution is -2.40. The molecular formula is C17H22N2O4. The summed E-state index contributed by atoms with van der Waals surface area (Å²) in [6.07, 6.45) is 1.11. The fraction of sp³-hybridized carbons (Fsp3) is 0.529. The number of carbonyl (C=O) groups is 2. The number of ether oxygens (including phenoxy) is 2. The van der Waals surface area contributed by atoms with E-state index in [1.165, 1.54) is 5.56 Å². The van der Waals surface area contributed by atoms with E-state index in [2.05, 4.69) is 0 Å². The molecule has 2 aliphatic heterocycles. The maximum absolute atomic E-state index is 12.7. The van der Waals surface area contributed by atoms with Gasteiger partial charge in [-0.25, -0.2) is 0 Å². The Bertz CT molecular complexity index is 644. The van der Waals surface area contributed by atoms with Gasteiger partial charge in [0.15, 0.2) is 11.5 Å². The molecule has 6 nitrogen and oxygen atoms in total. The van der Waals surface area contributed by atoms with Gasteiger partial charge < -0.3 is 19.3 Å². The monoisotopic (exact) mass is 318 g/mol. The van der Waals surface area contributed by atoms with Crippen molar-refractivity contribution in [1.29, 1.82) is 0 Å². The second-order valence-electron chi connectivity index (χ2n) is 6.16. The number of carbonyl (C=O) groups excluding carboxylic acids is 2. The first-order chi connectivity index (χ1) is 11.0. The molecule has 0 aliphatic carbocycles. The first-order valence-corrected chi connectivity index (χ1v) is 7.80. The van der Waals surface area contributed by atoms with Gasteiger partial charge in [-0.1, -0.05) is 0 Å². The quantitative estimate of drug-likeness (QED) is 0.836. The van der Waals surface area contributed by atoms with Crippen molar-refractivity contribution in [2.24, 2.45) is 5.92 Å². The summed E-state index contributed by atoms with van der Waals surface area (Å²) in [5.74, 6) is 1.30. The number of likely N-dealkylation sites (tertiary alicyclic amines) is 1. The molecular weight excluding hydrogens is 296 g/mol. The molecule has 3 rings (SSSR count). The summed E-state index contributed by atoms with van der Waals surface area (Å²) < 4.78 is 10.7. The normalized spacial score (nSPS) is 20.5. The molecule has 0 N–H and O–H groups in total. The van der Waals surface area contributed by atoms with Crippen molar-refractivity contribution in [1.82, 2.24) is 9.80 Å². The predicted octanol–water partition coefficient (Wildman–Crippen LogP) is 1.07. The molecule has 1 unspecified atom stereocenters. The van der Waals surface area contributed by atoms with E-state index in [0.29, 0.717) is 37.6 Å². The average molecular weight is 318 g/mol.